The fourth-order valence-electron chi connectivity index (χ4n) is 0.448. The summed E-state index contributed by atoms with van der Waals surface area (Å²) in [6.07, 6.45) is 1.79. The van der Waals surface area contributed by atoms with Crippen molar-refractivity contribution in [2.45, 2.75) is 33.2 Å². The van der Waals surface area contributed by atoms with Crippen LogP contribution >= 0.6 is 0 Å². The molecule has 2 nitrogen and oxygen atoms in total. The number of aromatic nitrogens is 1. The van der Waals surface area contributed by atoms with Gasteiger partial charge < -0.3 is 5.73 Å². The molecule has 0 bridgehead atoms. The van der Waals surface area contributed by atoms with Crippen molar-refractivity contribution < 1.29 is 0 Å². The molecule has 0 spiro atoms. The van der Waals surface area contributed by atoms with Gasteiger partial charge in [0.15, 0.2) is 0 Å². The second kappa shape index (κ2) is 4.88. The maximum Gasteiger partial charge on any atom is 0.0372 e. The summed E-state index contributed by atoms with van der Waals surface area (Å²) in [5, 5.41) is 0. The van der Waals surface area contributed by atoms with E-state index in [4.69, 9.17) is 5.73 Å². The lowest BCUT2D eigenvalue weighted by Gasteiger charge is -2.06. The zero-order chi connectivity index (χ0) is 9.61. The van der Waals surface area contributed by atoms with Gasteiger partial charge in [-0.1, -0.05) is 6.07 Å². The van der Waals surface area contributed by atoms with Crippen molar-refractivity contribution in [3.8, 4) is 0 Å². The zero-order valence-electron chi connectivity index (χ0n) is 8.33. The highest BCUT2D eigenvalue weighted by atomic mass is 14.7. The highest BCUT2D eigenvalue weighted by Gasteiger charge is 1.95. The molecule has 1 rings (SSSR count). The Balaban J connectivity index is 0.000000217. The molecule has 0 amide bonds. The Hall–Kier alpha value is -0.890. The lowest BCUT2D eigenvalue weighted by Crippen LogP contribution is -2.26. The Labute approximate surface area is 74.8 Å². The summed E-state index contributed by atoms with van der Waals surface area (Å²) in [6, 6.07) is 5.86. The SMILES string of the molecule is CC(C)(C)N.Cc1ccccn1. The van der Waals surface area contributed by atoms with E-state index in [0.29, 0.717) is 0 Å². The number of nitrogens with zero attached hydrogens (tertiary/aromatic N) is 1. The quantitative estimate of drug-likeness (QED) is 0.641. The van der Waals surface area contributed by atoms with Gasteiger partial charge in [0.05, 0.1) is 0 Å². The first-order chi connectivity index (χ1) is 5.39. The highest BCUT2D eigenvalue weighted by molar-refractivity contribution is 4.99. The van der Waals surface area contributed by atoms with E-state index in [0.717, 1.165) is 5.69 Å². The molecule has 0 aliphatic rings. The first-order valence-corrected chi connectivity index (χ1v) is 4.06. The van der Waals surface area contributed by atoms with Gasteiger partial charge in [-0.15, -0.1) is 0 Å². The van der Waals surface area contributed by atoms with E-state index >= 15 is 0 Å². The first kappa shape index (κ1) is 11.1. The van der Waals surface area contributed by atoms with Crippen molar-refractivity contribution in [3.63, 3.8) is 0 Å². The third kappa shape index (κ3) is 11.9. The van der Waals surface area contributed by atoms with Crippen molar-refractivity contribution in [1.29, 1.82) is 0 Å². The fraction of sp³-hybridized carbons (Fsp3) is 0.500. The van der Waals surface area contributed by atoms with Crippen LogP contribution in [0.2, 0.25) is 0 Å². The molecule has 0 fully saturated rings. The summed E-state index contributed by atoms with van der Waals surface area (Å²) in [5.41, 5.74) is 6.43. The molecule has 0 unspecified atom stereocenters. The van der Waals surface area contributed by atoms with Crippen molar-refractivity contribution >= 4 is 0 Å². The van der Waals surface area contributed by atoms with Crippen molar-refractivity contribution in [3.05, 3.63) is 30.1 Å². The predicted molar refractivity (Wildman–Crippen MR) is 52.9 cm³/mol. The Morgan fingerprint density at radius 2 is 1.75 bits per heavy atom. The van der Waals surface area contributed by atoms with E-state index in [1.807, 2.05) is 45.9 Å². The molecule has 1 aromatic heterocycles. The molecule has 0 radical (unpaired) electrons. The van der Waals surface area contributed by atoms with Crippen LogP contribution in [0.4, 0.5) is 0 Å². The number of rotatable bonds is 0. The molecule has 0 aliphatic heterocycles. The van der Waals surface area contributed by atoms with Gasteiger partial charge in [-0.05, 0) is 39.8 Å². The zero-order valence-corrected chi connectivity index (χ0v) is 8.33. The summed E-state index contributed by atoms with van der Waals surface area (Å²) in [7, 11) is 0. The molecule has 2 heteroatoms. The minimum Gasteiger partial charge on any atom is -0.326 e. The van der Waals surface area contributed by atoms with Crippen LogP contribution in [0.3, 0.4) is 0 Å². The molecule has 12 heavy (non-hydrogen) atoms. The second-order valence-corrected chi connectivity index (χ2v) is 3.84. The van der Waals surface area contributed by atoms with Gasteiger partial charge in [0.25, 0.3) is 0 Å². The van der Waals surface area contributed by atoms with Gasteiger partial charge in [-0.25, -0.2) is 0 Å². The molecule has 1 heterocycles. The molecule has 0 aliphatic carbocycles. The van der Waals surface area contributed by atoms with Gasteiger partial charge in [0.1, 0.15) is 0 Å². The molecule has 0 aromatic carbocycles. The third-order valence-electron chi connectivity index (χ3n) is 0.813. The topological polar surface area (TPSA) is 38.9 Å². The molecule has 0 atom stereocenters. The summed E-state index contributed by atoms with van der Waals surface area (Å²) in [6.45, 7) is 7.87. The van der Waals surface area contributed by atoms with Crippen LogP contribution in [0, 0.1) is 6.92 Å². The minimum absolute atomic E-state index is 0. The summed E-state index contributed by atoms with van der Waals surface area (Å²) in [5.74, 6) is 0. The van der Waals surface area contributed by atoms with Crippen molar-refractivity contribution in [1.82, 2.24) is 4.98 Å². The normalized spacial score (nSPS) is 10.1. The fourth-order valence-corrected chi connectivity index (χ4v) is 0.448. The van der Waals surface area contributed by atoms with E-state index in [-0.39, 0.29) is 5.54 Å². The molecular weight excluding hydrogens is 148 g/mol. The molecule has 0 saturated carbocycles. The average Bonchev–Trinajstić information content (AvgIpc) is 1.85. The van der Waals surface area contributed by atoms with Crippen LogP contribution in [-0.4, -0.2) is 10.5 Å². The Morgan fingerprint density at radius 1 is 1.25 bits per heavy atom. The molecule has 0 saturated heterocycles. The monoisotopic (exact) mass is 166 g/mol. The average molecular weight is 166 g/mol. The lowest BCUT2D eigenvalue weighted by atomic mass is 10.1. The highest BCUT2D eigenvalue weighted by Crippen LogP contribution is 1.88. The number of hydrogen-bond donors (Lipinski definition) is 1. The van der Waals surface area contributed by atoms with Gasteiger partial charge in [0, 0.05) is 17.4 Å². The minimum atomic E-state index is 0. The summed E-state index contributed by atoms with van der Waals surface area (Å²) in [4.78, 5) is 3.98. The van der Waals surface area contributed by atoms with Crippen LogP contribution < -0.4 is 5.73 Å². The van der Waals surface area contributed by atoms with Gasteiger partial charge in [0.2, 0.25) is 0 Å². The van der Waals surface area contributed by atoms with E-state index in [9.17, 15) is 0 Å². The number of nitrogens with two attached hydrogens (primary N) is 1. The Morgan fingerprint density at radius 3 is 1.92 bits per heavy atom. The van der Waals surface area contributed by atoms with Crippen LogP contribution in [-0.2, 0) is 0 Å². The predicted octanol–water partition coefficient (Wildman–Crippen LogP) is 2.13. The van der Waals surface area contributed by atoms with E-state index < -0.39 is 0 Å². The Kier molecular flexibility index (Phi) is 4.52. The van der Waals surface area contributed by atoms with E-state index in [1.54, 1.807) is 6.20 Å². The standard InChI is InChI=1S/C6H7N.C4H11N/c1-6-4-2-3-5-7-6;1-4(2,3)5/h2-5H,1H3;5H2,1-3H3. The molecule has 1 aromatic rings. The van der Waals surface area contributed by atoms with Gasteiger partial charge in [-0.3, -0.25) is 4.98 Å². The van der Waals surface area contributed by atoms with Crippen LogP contribution in [0.5, 0.6) is 0 Å². The molecule has 2 N–H and O–H groups in total. The van der Waals surface area contributed by atoms with Gasteiger partial charge >= 0.3 is 0 Å². The molecular formula is C10H18N2. The Bertz CT molecular complexity index is 193. The van der Waals surface area contributed by atoms with E-state index in [2.05, 4.69) is 4.98 Å². The number of pyridine rings is 1. The number of hydrogen-bond acceptors (Lipinski definition) is 2. The van der Waals surface area contributed by atoms with Crippen molar-refractivity contribution in [2.24, 2.45) is 5.73 Å². The number of aryl methyl sites for hydroxylation is 1. The van der Waals surface area contributed by atoms with E-state index in [1.165, 1.54) is 0 Å². The van der Waals surface area contributed by atoms with Crippen molar-refractivity contribution in [2.75, 3.05) is 0 Å². The second-order valence-electron chi connectivity index (χ2n) is 3.84. The van der Waals surface area contributed by atoms with Crippen LogP contribution in [0.25, 0.3) is 0 Å². The largest absolute Gasteiger partial charge is 0.326 e. The lowest BCUT2D eigenvalue weighted by molar-refractivity contribution is 0.580. The smallest absolute Gasteiger partial charge is 0.0372 e. The van der Waals surface area contributed by atoms with Crippen LogP contribution in [0.1, 0.15) is 26.5 Å². The summed E-state index contributed by atoms with van der Waals surface area (Å²) >= 11 is 0. The third-order valence-corrected chi connectivity index (χ3v) is 0.813. The maximum atomic E-state index is 5.35. The van der Waals surface area contributed by atoms with Crippen LogP contribution in [0.15, 0.2) is 24.4 Å². The maximum absolute atomic E-state index is 5.35. The molecule has 68 valence electrons. The van der Waals surface area contributed by atoms with Gasteiger partial charge in [-0.2, -0.15) is 0 Å². The first-order valence-electron chi connectivity index (χ1n) is 4.06. The summed E-state index contributed by atoms with van der Waals surface area (Å²) < 4.78 is 0.